The second-order valence-electron chi connectivity index (χ2n) is 11.3. The standard InChI is InChI=1S/C28H43N3O6S/c1-19(2)18-22(23(32)29-21(24(33)34)12-17-38-6)30-25(35)28(20-10-8-7-9-11-20)13-15-31(16-14-28)26(36)37-27(3,4)5/h7-11,19,21-22H,12-18H2,1-6H3,(H,29,32)(H,30,35)(H,33,34)/t21-,22-/m0/s1. The molecule has 3 amide bonds. The predicted molar refractivity (Wildman–Crippen MR) is 149 cm³/mol. The van der Waals surface area contributed by atoms with Crippen molar-refractivity contribution in [3.8, 4) is 0 Å². The molecule has 9 nitrogen and oxygen atoms in total. The molecule has 0 aliphatic carbocycles. The van der Waals surface area contributed by atoms with Gasteiger partial charge in [-0.25, -0.2) is 9.59 Å². The van der Waals surface area contributed by atoms with Crippen LogP contribution in [0, 0.1) is 5.92 Å². The molecule has 0 saturated carbocycles. The molecule has 212 valence electrons. The molecule has 1 aliphatic heterocycles. The molecule has 1 fully saturated rings. The van der Waals surface area contributed by atoms with Crippen LogP contribution in [-0.4, -0.2) is 76.7 Å². The molecule has 10 heteroatoms. The highest BCUT2D eigenvalue weighted by Crippen LogP contribution is 2.36. The van der Waals surface area contributed by atoms with Crippen LogP contribution in [0.15, 0.2) is 30.3 Å². The van der Waals surface area contributed by atoms with Gasteiger partial charge in [-0.3, -0.25) is 9.59 Å². The van der Waals surface area contributed by atoms with E-state index in [-0.39, 0.29) is 11.8 Å². The van der Waals surface area contributed by atoms with E-state index in [1.807, 2.05) is 71.2 Å². The van der Waals surface area contributed by atoms with Crippen molar-refractivity contribution in [1.29, 1.82) is 0 Å². The van der Waals surface area contributed by atoms with Crippen LogP contribution in [0.5, 0.6) is 0 Å². The number of likely N-dealkylation sites (tertiary alicyclic amines) is 1. The fraction of sp³-hybridized carbons (Fsp3) is 0.643. The summed E-state index contributed by atoms with van der Waals surface area (Å²) >= 11 is 1.50. The number of rotatable bonds is 11. The molecular formula is C28H43N3O6S. The van der Waals surface area contributed by atoms with Crippen LogP contribution in [0.3, 0.4) is 0 Å². The Kier molecular flexibility index (Phi) is 11.5. The lowest BCUT2D eigenvalue weighted by Crippen LogP contribution is -2.58. The number of carboxylic acid groups (broad SMARTS) is 1. The maximum Gasteiger partial charge on any atom is 0.410 e. The normalized spacial score (nSPS) is 16.9. The van der Waals surface area contributed by atoms with Crippen molar-refractivity contribution in [3.05, 3.63) is 35.9 Å². The van der Waals surface area contributed by atoms with E-state index in [1.165, 1.54) is 11.8 Å². The third kappa shape index (κ3) is 8.92. The van der Waals surface area contributed by atoms with E-state index in [0.29, 0.717) is 44.5 Å². The van der Waals surface area contributed by atoms with Crippen LogP contribution in [0.1, 0.15) is 65.9 Å². The van der Waals surface area contributed by atoms with E-state index in [4.69, 9.17) is 4.74 Å². The summed E-state index contributed by atoms with van der Waals surface area (Å²) in [5.74, 6) is -1.23. The highest BCUT2D eigenvalue weighted by Gasteiger charge is 2.45. The zero-order valence-corrected chi connectivity index (χ0v) is 24.2. The summed E-state index contributed by atoms with van der Waals surface area (Å²) in [6, 6.07) is 7.48. The van der Waals surface area contributed by atoms with Gasteiger partial charge >= 0.3 is 12.1 Å². The first kappa shape index (κ1) is 31.5. The number of thioether (sulfide) groups is 1. The monoisotopic (exact) mass is 549 g/mol. The Bertz CT molecular complexity index is 955. The lowest BCUT2D eigenvalue weighted by molar-refractivity contribution is -0.142. The molecule has 1 heterocycles. The first-order valence-corrected chi connectivity index (χ1v) is 14.5. The molecule has 1 aromatic rings. The fourth-order valence-corrected chi connectivity index (χ4v) is 5.04. The lowest BCUT2D eigenvalue weighted by Gasteiger charge is -2.42. The van der Waals surface area contributed by atoms with Gasteiger partial charge < -0.3 is 25.4 Å². The molecule has 0 bridgehead atoms. The predicted octanol–water partition coefficient (Wildman–Crippen LogP) is 3.81. The molecule has 2 atom stereocenters. The number of hydrogen-bond donors (Lipinski definition) is 3. The van der Waals surface area contributed by atoms with Gasteiger partial charge in [0.05, 0.1) is 5.41 Å². The van der Waals surface area contributed by atoms with Crippen LogP contribution >= 0.6 is 11.8 Å². The number of amides is 3. The molecule has 38 heavy (non-hydrogen) atoms. The van der Waals surface area contributed by atoms with E-state index in [2.05, 4.69) is 10.6 Å². The van der Waals surface area contributed by atoms with Crippen LogP contribution in [0.25, 0.3) is 0 Å². The van der Waals surface area contributed by atoms with Crippen LogP contribution in [0.4, 0.5) is 4.79 Å². The number of hydrogen-bond acceptors (Lipinski definition) is 6. The average Bonchev–Trinajstić information content (AvgIpc) is 2.85. The second kappa shape index (κ2) is 13.9. The summed E-state index contributed by atoms with van der Waals surface area (Å²) in [5, 5.41) is 15.2. The van der Waals surface area contributed by atoms with Gasteiger partial charge in [-0.1, -0.05) is 44.2 Å². The summed E-state index contributed by atoms with van der Waals surface area (Å²) in [4.78, 5) is 53.2. The molecule has 0 spiro atoms. The highest BCUT2D eigenvalue weighted by atomic mass is 32.2. The van der Waals surface area contributed by atoms with Gasteiger partial charge in [0, 0.05) is 13.1 Å². The number of piperidine rings is 1. The van der Waals surface area contributed by atoms with E-state index >= 15 is 0 Å². The minimum absolute atomic E-state index is 0.0854. The number of carbonyl (C=O) groups excluding carboxylic acids is 3. The summed E-state index contributed by atoms with van der Waals surface area (Å²) in [6.45, 7) is 9.98. The van der Waals surface area contributed by atoms with Crippen molar-refractivity contribution < 1.29 is 29.0 Å². The van der Waals surface area contributed by atoms with Crippen molar-refractivity contribution in [1.82, 2.24) is 15.5 Å². The molecule has 2 rings (SSSR count). The maximum atomic E-state index is 14.0. The Hall–Kier alpha value is -2.75. The van der Waals surface area contributed by atoms with Crippen molar-refractivity contribution in [2.75, 3.05) is 25.1 Å². The highest BCUT2D eigenvalue weighted by molar-refractivity contribution is 7.98. The summed E-state index contributed by atoms with van der Waals surface area (Å²) in [5.41, 5.74) is -0.752. The third-order valence-electron chi connectivity index (χ3n) is 6.58. The first-order valence-electron chi connectivity index (χ1n) is 13.2. The van der Waals surface area contributed by atoms with Gasteiger partial charge in [0.25, 0.3) is 0 Å². The molecular weight excluding hydrogens is 506 g/mol. The number of carboxylic acids is 1. The van der Waals surface area contributed by atoms with Crippen LogP contribution < -0.4 is 10.6 Å². The summed E-state index contributed by atoms with van der Waals surface area (Å²) in [7, 11) is 0. The molecule has 1 aromatic carbocycles. The Labute approximate surface area is 230 Å². The van der Waals surface area contributed by atoms with E-state index < -0.39 is 41.1 Å². The Morgan fingerprint density at radius 3 is 2.16 bits per heavy atom. The molecule has 0 aromatic heterocycles. The second-order valence-corrected chi connectivity index (χ2v) is 12.2. The van der Waals surface area contributed by atoms with Gasteiger partial charge in [-0.05, 0) is 69.9 Å². The lowest BCUT2D eigenvalue weighted by atomic mass is 9.71. The number of ether oxygens (including phenoxy) is 1. The van der Waals surface area contributed by atoms with Crippen molar-refractivity contribution >= 4 is 35.6 Å². The van der Waals surface area contributed by atoms with Gasteiger partial charge in [0.1, 0.15) is 17.7 Å². The average molecular weight is 550 g/mol. The number of nitrogens with one attached hydrogen (secondary N) is 2. The zero-order valence-electron chi connectivity index (χ0n) is 23.4. The zero-order chi connectivity index (χ0) is 28.5. The van der Waals surface area contributed by atoms with Crippen molar-refractivity contribution in [2.24, 2.45) is 5.92 Å². The maximum absolute atomic E-state index is 14.0. The minimum Gasteiger partial charge on any atom is -0.480 e. The summed E-state index contributed by atoms with van der Waals surface area (Å²) < 4.78 is 5.52. The number of aliphatic carboxylic acids is 1. The van der Waals surface area contributed by atoms with E-state index in [9.17, 15) is 24.3 Å². The molecule has 1 saturated heterocycles. The largest absolute Gasteiger partial charge is 0.480 e. The smallest absolute Gasteiger partial charge is 0.410 e. The Morgan fingerprint density at radius 2 is 1.66 bits per heavy atom. The topological polar surface area (TPSA) is 125 Å². The molecule has 0 radical (unpaired) electrons. The van der Waals surface area contributed by atoms with E-state index in [1.54, 1.807) is 4.90 Å². The number of benzene rings is 1. The van der Waals surface area contributed by atoms with Gasteiger partial charge in [-0.15, -0.1) is 0 Å². The Balaban J connectivity index is 2.27. The van der Waals surface area contributed by atoms with Crippen molar-refractivity contribution in [2.45, 2.75) is 83.4 Å². The van der Waals surface area contributed by atoms with Gasteiger partial charge in [0.2, 0.25) is 11.8 Å². The quantitative estimate of drug-likeness (QED) is 0.383. The number of carbonyl (C=O) groups is 4. The van der Waals surface area contributed by atoms with Crippen molar-refractivity contribution in [3.63, 3.8) is 0 Å². The summed E-state index contributed by atoms with van der Waals surface area (Å²) in [6.07, 6.45) is 2.84. The SMILES string of the molecule is CSCC[C@H](NC(=O)[C@H](CC(C)C)NC(=O)C1(c2ccccc2)CCN(C(=O)OC(C)(C)C)CC1)C(=O)O. The van der Waals surface area contributed by atoms with E-state index in [0.717, 1.165) is 5.56 Å². The van der Waals surface area contributed by atoms with Gasteiger partial charge in [0.15, 0.2) is 0 Å². The number of nitrogens with zero attached hydrogens (tertiary/aromatic N) is 1. The van der Waals surface area contributed by atoms with Crippen LogP contribution in [-0.2, 0) is 24.5 Å². The van der Waals surface area contributed by atoms with Crippen LogP contribution in [0.2, 0.25) is 0 Å². The molecule has 0 unspecified atom stereocenters. The molecule has 1 aliphatic rings. The third-order valence-corrected chi connectivity index (χ3v) is 7.23. The van der Waals surface area contributed by atoms with Gasteiger partial charge in [-0.2, -0.15) is 11.8 Å². The molecule has 3 N–H and O–H groups in total. The minimum atomic E-state index is -1.10. The Morgan fingerprint density at radius 1 is 1.05 bits per heavy atom. The fourth-order valence-electron chi connectivity index (χ4n) is 4.57. The first-order chi connectivity index (χ1) is 17.8.